The van der Waals surface area contributed by atoms with Crippen LogP contribution in [0.25, 0.3) is 0 Å². The summed E-state index contributed by atoms with van der Waals surface area (Å²) in [5, 5.41) is 3.53. The summed E-state index contributed by atoms with van der Waals surface area (Å²) in [6.45, 7) is 12.5. The lowest BCUT2D eigenvalue weighted by Gasteiger charge is -2.31. The summed E-state index contributed by atoms with van der Waals surface area (Å²) in [5.74, 6) is 0.713. The third kappa shape index (κ3) is 4.65. The third-order valence-electron chi connectivity index (χ3n) is 2.55. The molecule has 0 aromatic heterocycles. The van der Waals surface area contributed by atoms with Gasteiger partial charge in [-0.25, -0.2) is 0 Å². The number of nitrogens with one attached hydrogen (secondary N) is 1. The van der Waals surface area contributed by atoms with Crippen LogP contribution in [0.5, 0.6) is 0 Å². The minimum atomic E-state index is 0.387. The highest BCUT2D eigenvalue weighted by Crippen LogP contribution is 2.29. The van der Waals surface area contributed by atoms with Gasteiger partial charge in [0.15, 0.2) is 0 Å². The molecule has 0 rings (SSSR count). The molecular formula is C10H22IN. The Labute approximate surface area is 90.8 Å². The maximum absolute atomic E-state index is 3.53. The fourth-order valence-corrected chi connectivity index (χ4v) is 1.68. The zero-order valence-electron chi connectivity index (χ0n) is 8.95. The first-order valence-electron chi connectivity index (χ1n) is 4.82. The van der Waals surface area contributed by atoms with Crippen molar-refractivity contribution < 1.29 is 0 Å². The van der Waals surface area contributed by atoms with Gasteiger partial charge in [0.2, 0.25) is 0 Å². The summed E-state index contributed by atoms with van der Waals surface area (Å²) in [5.41, 5.74) is 0. The molecule has 0 amide bonds. The molecule has 12 heavy (non-hydrogen) atoms. The van der Waals surface area contributed by atoms with Gasteiger partial charge in [-0.2, -0.15) is 0 Å². The quantitative estimate of drug-likeness (QED) is 0.603. The molecule has 0 fully saturated rings. The smallest absolute Gasteiger partial charge is 0.0206 e. The first-order chi connectivity index (χ1) is 5.39. The molecule has 0 aliphatic carbocycles. The van der Waals surface area contributed by atoms with E-state index in [1.165, 1.54) is 6.42 Å². The number of alkyl halides is 1. The van der Waals surface area contributed by atoms with Crippen LogP contribution in [-0.2, 0) is 0 Å². The molecule has 0 heterocycles. The lowest BCUT2D eigenvalue weighted by Crippen LogP contribution is -2.40. The molecule has 0 saturated carbocycles. The van der Waals surface area contributed by atoms with E-state index in [9.17, 15) is 0 Å². The summed E-state index contributed by atoms with van der Waals surface area (Å²) in [6.07, 6.45) is 1.22. The Morgan fingerprint density at radius 3 is 2.17 bits per heavy atom. The molecule has 0 aliphatic heterocycles. The number of hydrogen-bond donors (Lipinski definition) is 1. The van der Waals surface area contributed by atoms with Crippen LogP contribution < -0.4 is 5.32 Å². The summed E-state index contributed by atoms with van der Waals surface area (Å²) >= 11 is 2.53. The maximum Gasteiger partial charge on any atom is 0.0206 e. The molecule has 2 heteroatoms. The van der Waals surface area contributed by atoms with Gasteiger partial charge in [0.1, 0.15) is 0 Å². The summed E-state index contributed by atoms with van der Waals surface area (Å²) < 4.78 is 0.387. The van der Waals surface area contributed by atoms with Crippen molar-refractivity contribution in [1.82, 2.24) is 5.32 Å². The van der Waals surface area contributed by atoms with Gasteiger partial charge in [0, 0.05) is 9.46 Å². The second-order valence-corrected chi connectivity index (χ2v) is 6.88. The average Bonchev–Trinajstić information content (AvgIpc) is 1.97. The molecule has 1 N–H and O–H groups in total. The predicted octanol–water partition coefficient (Wildman–Crippen LogP) is 3.22. The number of halogens is 1. The van der Waals surface area contributed by atoms with Crippen molar-refractivity contribution in [1.29, 1.82) is 0 Å². The van der Waals surface area contributed by atoms with E-state index in [-0.39, 0.29) is 0 Å². The molecule has 0 bridgehead atoms. The third-order valence-corrected chi connectivity index (χ3v) is 3.53. The van der Waals surface area contributed by atoms with E-state index < -0.39 is 0 Å². The Bertz CT molecular complexity index is 117. The Morgan fingerprint density at radius 1 is 1.33 bits per heavy atom. The highest BCUT2D eigenvalue weighted by Gasteiger charge is 2.26. The molecule has 2 atom stereocenters. The van der Waals surface area contributed by atoms with E-state index in [0.717, 1.165) is 6.54 Å². The summed E-state index contributed by atoms with van der Waals surface area (Å²) in [6, 6.07) is 0.622. The van der Waals surface area contributed by atoms with Crippen LogP contribution in [0.3, 0.4) is 0 Å². The molecule has 0 radical (unpaired) electrons. The molecule has 1 nitrogen and oxygen atoms in total. The second-order valence-electron chi connectivity index (χ2n) is 4.10. The minimum absolute atomic E-state index is 0.387. The van der Waals surface area contributed by atoms with Crippen molar-refractivity contribution in [2.45, 2.75) is 50.5 Å². The minimum Gasteiger partial charge on any atom is -0.314 e. The van der Waals surface area contributed by atoms with Crippen molar-refractivity contribution in [3.8, 4) is 0 Å². The van der Waals surface area contributed by atoms with Crippen molar-refractivity contribution in [3.05, 3.63) is 0 Å². The fourth-order valence-electron chi connectivity index (χ4n) is 1.14. The highest BCUT2D eigenvalue weighted by molar-refractivity contribution is 14.1. The first kappa shape index (κ1) is 12.7. The number of hydrogen-bond acceptors (Lipinski definition) is 1. The van der Waals surface area contributed by atoms with Crippen LogP contribution in [-0.4, -0.2) is 16.0 Å². The van der Waals surface area contributed by atoms with E-state index in [4.69, 9.17) is 0 Å². The Morgan fingerprint density at radius 2 is 1.83 bits per heavy atom. The molecular weight excluding hydrogens is 261 g/mol. The standard InChI is InChI=1S/C10H22IN/c1-6-7-12-9(3)8(2)10(4,5)11/h8-9,12H,6-7H2,1-5H3/t8-,9+/m1/s1. The summed E-state index contributed by atoms with van der Waals surface area (Å²) in [7, 11) is 0. The molecule has 0 aromatic rings. The second kappa shape index (κ2) is 5.43. The van der Waals surface area contributed by atoms with Crippen LogP contribution >= 0.6 is 22.6 Å². The topological polar surface area (TPSA) is 12.0 Å². The van der Waals surface area contributed by atoms with E-state index >= 15 is 0 Å². The van der Waals surface area contributed by atoms with Crippen LogP contribution in [0.2, 0.25) is 0 Å². The lowest BCUT2D eigenvalue weighted by molar-refractivity contribution is 0.353. The van der Waals surface area contributed by atoms with Crippen molar-refractivity contribution in [2.75, 3.05) is 6.54 Å². The molecule has 0 saturated heterocycles. The molecule has 0 aromatic carbocycles. The molecule has 0 unspecified atom stereocenters. The highest BCUT2D eigenvalue weighted by atomic mass is 127. The zero-order valence-corrected chi connectivity index (χ0v) is 11.1. The normalized spacial score (nSPS) is 17.5. The predicted molar refractivity (Wildman–Crippen MR) is 65.0 cm³/mol. The van der Waals surface area contributed by atoms with E-state index in [0.29, 0.717) is 15.4 Å². The van der Waals surface area contributed by atoms with Crippen molar-refractivity contribution >= 4 is 22.6 Å². The molecule has 0 aliphatic rings. The van der Waals surface area contributed by atoms with Gasteiger partial charge in [0.05, 0.1) is 0 Å². The van der Waals surface area contributed by atoms with Crippen molar-refractivity contribution in [3.63, 3.8) is 0 Å². The van der Waals surface area contributed by atoms with Crippen LogP contribution in [0.15, 0.2) is 0 Å². The van der Waals surface area contributed by atoms with Gasteiger partial charge < -0.3 is 5.32 Å². The maximum atomic E-state index is 3.53. The van der Waals surface area contributed by atoms with E-state index in [1.807, 2.05) is 0 Å². The Kier molecular flexibility index (Phi) is 5.74. The van der Waals surface area contributed by atoms with Gasteiger partial charge in [-0.05, 0) is 25.8 Å². The molecule has 74 valence electrons. The first-order valence-corrected chi connectivity index (χ1v) is 5.89. The summed E-state index contributed by atoms with van der Waals surface area (Å²) in [4.78, 5) is 0. The van der Waals surface area contributed by atoms with Gasteiger partial charge in [0.25, 0.3) is 0 Å². The Hall–Kier alpha value is 0.690. The van der Waals surface area contributed by atoms with Crippen LogP contribution in [0, 0.1) is 5.92 Å². The van der Waals surface area contributed by atoms with Gasteiger partial charge in [-0.1, -0.05) is 50.3 Å². The average molecular weight is 283 g/mol. The lowest BCUT2D eigenvalue weighted by atomic mass is 9.91. The zero-order chi connectivity index (χ0) is 9.78. The monoisotopic (exact) mass is 283 g/mol. The Balaban J connectivity index is 3.84. The van der Waals surface area contributed by atoms with E-state index in [2.05, 4.69) is 62.5 Å². The van der Waals surface area contributed by atoms with Gasteiger partial charge in [-0.15, -0.1) is 0 Å². The van der Waals surface area contributed by atoms with Crippen molar-refractivity contribution in [2.24, 2.45) is 5.92 Å². The SMILES string of the molecule is CCCN[C@@H](C)[C@@H](C)C(C)(C)I. The molecule has 0 spiro atoms. The number of rotatable bonds is 5. The largest absolute Gasteiger partial charge is 0.314 e. The van der Waals surface area contributed by atoms with E-state index in [1.54, 1.807) is 0 Å². The van der Waals surface area contributed by atoms with Crippen LogP contribution in [0.4, 0.5) is 0 Å². The van der Waals surface area contributed by atoms with Gasteiger partial charge in [-0.3, -0.25) is 0 Å². The fraction of sp³-hybridized carbons (Fsp3) is 1.00. The van der Waals surface area contributed by atoms with Crippen LogP contribution in [0.1, 0.15) is 41.0 Å². The van der Waals surface area contributed by atoms with Gasteiger partial charge >= 0.3 is 0 Å².